The standard InChI is InChI=1S/C16H21N3O8S/c17-9(16(26)27)2-4-13(22)19-10(15(25)18-6-14(23)24)7-28-12-5-8(20)1-3-11(12)21/h1,3,5,9-10,20-21H,2,4,6-7,17H2,(H,18,25)(H,19,22)(H,23,24)(H,26,27)/t9-,10-/m0/s1. The van der Waals surface area contributed by atoms with Crippen molar-refractivity contribution < 1.29 is 39.6 Å². The topological polar surface area (TPSA) is 199 Å². The van der Waals surface area contributed by atoms with Crippen molar-refractivity contribution in [2.24, 2.45) is 5.73 Å². The molecule has 11 nitrogen and oxygen atoms in total. The Labute approximate surface area is 163 Å². The number of hydrogen-bond donors (Lipinski definition) is 7. The lowest BCUT2D eigenvalue weighted by Crippen LogP contribution is -2.49. The number of carboxylic acid groups (broad SMARTS) is 2. The lowest BCUT2D eigenvalue weighted by Gasteiger charge is -2.18. The van der Waals surface area contributed by atoms with Gasteiger partial charge in [-0.2, -0.15) is 0 Å². The van der Waals surface area contributed by atoms with Crippen LogP contribution in [0.25, 0.3) is 0 Å². The normalized spacial score (nSPS) is 12.6. The van der Waals surface area contributed by atoms with E-state index in [9.17, 15) is 29.4 Å². The highest BCUT2D eigenvalue weighted by Gasteiger charge is 2.23. The molecule has 1 aromatic carbocycles. The van der Waals surface area contributed by atoms with Gasteiger partial charge in [-0.05, 0) is 24.6 Å². The number of amides is 2. The minimum Gasteiger partial charge on any atom is -0.508 e. The number of carbonyl (C=O) groups excluding carboxylic acids is 2. The van der Waals surface area contributed by atoms with Crippen molar-refractivity contribution in [1.29, 1.82) is 0 Å². The van der Waals surface area contributed by atoms with Gasteiger partial charge in [0.15, 0.2) is 0 Å². The summed E-state index contributed by atoms with van der Waals surface area (Å²) in [6, 6.07) is 1.38. The molecule has 0 unspecified atom stereocenters. The van der Waals surface area contributed by atoms with Crippen molar-refractivity contribution in [3.8, 4) is 11.5 Å². The maximum absolute atomic E-state index is 12.2. The number of nitrogens with one attached hydrogen (secondary N) is 2. The van der Waals surface area contributed by atoms with Gasteiger partial charge in [0.05, 0.1) is 4.90 Å². The first kappa shape index (κ1) is 23.0. The van der Waals surface area contributed by atoms with Crippen LogP contribution in [-0.4, -0.2) is 68.6 Å². The largest absolute Gasteiger partial charge is 0.508 e. The molecule has 2 atom stereocenters. The summed E-state index contributed by atoms with van der Waals surface area (Å²) in [7, 11) is 0. The predicted molar refractivity (Wildman–Crippen MR) is 97.9 cm³/mol. The molecular weight excluding hydrogens is 394 g/mol. The number of phenols is 2. The van der Waals surface area contributed by atoms with Crippen LogP contribution in [0.1, 0.15) is 12.8 Å². The number of nitrogens with two attached hydrogens (primary N) is 1. The fourth-order valence-corrected chi connectivity index (χ4v) is 2.94. The van der Waals surface area contributed by atoms with Crippen molar-refractivity contribution in [2.75, 3.05) is 12.3 Å². The minimum absolute atomic E-state index is 0.0841. The van der Waals surface area contributed by atoms with E-state index in [-0.39, 0.29) is 35.0 Å². The molecular formula is C16H21N3O8S. The molecule has 0 fully saturated rings. The van der Waals surface area contributed by atoms with Gasteiger partial charge in [-0.25, -0.2) is 0 Å². The third-order valence-corrected chi connectivity index (χ3v) is 4.55. The molecule has 0 saturated carbocycles. The molecule has 0 heterocycles. The number of benzene rings is 1. The van der Waals surface area contributed by atoms with Crippen molar-refractivity contribution in [2.45, 2.75) is 29.8 Å². The van der Waals surface area contributed by atoms with Crippen molar-refractivity contribution >= 4 is 35.5 Å². The Bertz CT molecular complexity index is 743. The van der Waals surface area contributed by atoms with Crippen LogP contribution in [0.5, 0.6) is 11.5 Å². The van der Waals surface area contributed by atoms with Gasteiger partial charge >= 0.3 is 11.9 Å². The van der Waals surface area contributed by atoms with Gasteiger partial charge in [0.25, 0.3) is 0 Å². The number of carbonyl (C=O) groups is 4. The van der Waals surface area contributed by atoms with Gasteiger partial charge in [0.2, 0.25) is 11.8 Å². The SMILES string of the molecule is N[C@@H](CCC(=O)N[C@@H](CSc1cc(O)ccc1O)C(=O)NCC(=O)O)C(=O)O. The molecule has 0 radical (unpaired) electrons. The van der Waals surface area contributed by atoms with Gasteiger partial charge in [-0.1, -0.05) is 0 Å². The van der Waals surface area contributed by atoms with Gasteiger partial charge in [0.1, 0.15) is 30.1 Å². The number of rotatable bonds is 11. The van der Waals surface area contributed by atoms with Crippen LogP contribution in [-0.2, 0) is 19.2 Å². The van der Waals surface area contributed by atoms with Crippen LogP contribution in [0.3, 0.4) is 0 Å². The Morgan fingerprint density at radius 1 is 1.14 bits per heavy atom. The summed E-state index contributed by atoms with van der Waals surface area (Å²) < 4.78 is 0. The summed E-state index contributed by atoms with van der Waals surface area (Å²) >= 11 is 0.951. The zero-order chi connectivity index (χ0) is 21.3. The monoisotopic (exact) mass is 415 g/mol. The molecule has 0 saturated heterocycles. The molecule has 0 aliphatic heterocycles. The van der Waals surface area contributed by atoms with E-state index < -0.39 is 42.4 Å². The van der Waals surface area contributed by atoms with Crippen LogP contribution in [0, 0.1) is 0 Å². The van der Waals surface area contributed by atoms with Crippen LogP contribution < -0.4 is 16.4 Å². The average Bonchev–Trinajstić information content (AvgIpc) is 2.63. The molecule has 1 aromatic rings. The molecule has 0 bridgehead atoms. The highest BCUT2D eigenvalue weighted by molar-refractivity contribution is 7.99. The smallest absolute Gasteiger partial charge is 0.322 e. The molecule has 12 heteroatoms. The minimum atomic E-state index is -1.27. The summed E-state index contributed by atoms with van der Waals surface area (Å²) in [6.45, 7) is -0.656. The molecule has 8 N–H and O–H groups in total. The van der Waals surface area contributed by atoms with Gasteiger partial charge in [0, 0.05) is 12.2 Å². The summed E-state index contributed by atoms with van der Waals surface area (Å²) in [5, 5.41) is 41.1. The van der Waals surface area contributed by atoms with Gasteiger partial charge < -0.3 is 36.8 Å². The molecule has 0 aromatic heterocycles. The fourth-order valence-electron chi connectivity index (χ4n) is 1.94. The zero-order valence-corrected chi connectivity index (χ0v) is 15.4. The molecule has 2 amide bonds. The molecule has 0 spiro atoms. The van der Waals surface area contributed by atoms with Crippen LogP contribution in [0.4, 0.5) is 0 Å². The Morgan fingerprint density at radius 3 is 2.43 bits per heavy atom. The van der Waals surface area contributed by atoms with E-state index in [0.29, 0.717) is 0 Å². The highest BCUT2D eigenvalue weighted by Crippen LogP contribution is 2.31. The van der Waals surface area contributed by atoms with Crippen molar-refractivity contribution in [1.82, 2.24) is 10.6 Å². The molecule has 0 aliphatic rings. The first-order valence-electron chi connectivity index (χ1n) is 8.02. The maximum atomic E-state index is 12.2. The Hall–Kier alpha value is -2.99. The number of aromatic hydroxyl groups is 2. The number of thioether (sulfide) groups is 1. The van der Waals surface area contributed by atoms with E-state index in [1.54, 1.807) is 0 Å². The van der Waals surface area contributed by atoms with Crippen molar-refractivity contribution in [3.63, 3.8) is 0 Å². The second kappa shape index (κ2) is 11.0. The van der Waals surface area contributed by atoms with E-state index >= 15 is 0 Å². The Balaban J connectivity index is 2.76. The second-order valence-corrected chi connectivity index (χ2v) is 6.74. The molecule has 1 rings (SSSR count). The van der Waals surface area contributed by atoms with E-state index in [1.807, 2.05) is 0 Å². The van der Waals surface area contributed by atoms with Crippen LogP contribution in [0.2, 0.25) is 0 Å². The van der Waals surface area contributed by atoms with E-state index in [2.05, 4.69) is 10.6 Å². The molecule has 154 valence electrons. The van der Waals surface area contributed by atoms with Crippen LogP contribution >= 0.6 is 11.8 Å². The number of aliphatic carboxylic acids is 2. The lowest BCUT2D eigenvalue weighted by atomic mass is 10.1. The summed E-state index contributed by atoms with van der Waals surface area (Å²) in [5.74, 6) is -4.30. The number of phenolic OH excluding ortho intramolecular Hbond substituents is 2. The van der Waals surface area contributed by atoms with Crippen molar-refractivity contribution in [3.05, 3.63) is 18.2 Å². The molecule has 0 aliphatic carbocycles. The lowest BCUT2D eigenvalue weighted by molar-refractivity contribution is -0.139. The average molecular weight is 415 g/mol. The number of carboxylic acids is 2. The fraction of sp³-hybridized carbons (Fsp3) is 0.375. The Kier molecular flexibility index (Phi) is 9.05. The summed E-state index contributed by atoms with van der Waals surface area (Å²) in [6.07, 6.45) is -0.399. The Morgan fingerprint density at radius 2 is 1.82 bits per heavy atom. The van der Waals surface area contributed by atoms with E-state index in [4.69, 9.17) is 15.9 Å². The van der Waals surface area contributed by atoms with Gasteiger partial charge in [-0.3, -0.25) is 19.2 Å². The van der Waals surface area contributed by atoms with Crippen LogP contribution in [0.15, 0.2) is 23.1 Å². The second-order valence-electron chi connectivity index (χ2n) is 5.68. The predicted octanol–water partition coefficient (Wildman–Crippen LogP) is -0.932. The third-order valence-electron chi connectivity index (χ3n) is 3.41. The number of hydrogen-bond acceptors (Lipinski definition) is 8. The zero-order valence-electron chi connectivity index (χ0n) is 14.6. The van der Waals surface area contributed by atoms with E-state index in [0.717, 1.165) is 11.8 Å². The first-order chi connectivity index (χ1) is 13.1. The third kappa shape index (κ3) is 8.14. The highest BCUT2D eigenvalue weighted by atomic mass is 32.2. The summed E-state index contributed by atoms with van der Waals surface area (Å²) in [4.78, 5) is 45.7. The quantitative estimate of drug-likeness (QED) is 0.175. The molecule has 28 heavy (non-hydrogen) atoms. The maximum Gasteiger partial charge on any atom is 0.322 e. The summed E-state index contributed by atoms with van der Waals surface area (Å²) in [5.41, 5.74) is 5.32. The first-order valence-corrected chi connectivity index (χ1v) is 9.00. The van der Waals surface area contributed by atoms with Gasteiger partial charge in [-0.15, -0.1) is 11.8 Å². The van der Waals surface area contributed by atoms with E-state index in [1.165, 1.54) is 18.2 Å².